The second-order valence-electron chi connectivity index (χ2n) is 6.23. The third-order valence-corrected chi connectivity index (χ3v) is 4.09. The van der Waals surface area contributed by atoms with E-state index in [4.69, 9.17) is 9.47 Å². The van der Waals surface area contributed by atoms with Crippen LogP contribution in [0.4, 0.5) is 0 Å². The molecule has 3 rings (SSSR count). The van der Waals surface area contributed by atoms with Crippen LogP contribution in [0.1, 0.15) is 31.8 Å². The van der Waals surface area contributed by atoms with Gasteiger partial charge in [0.25, 0.3) is 5.91 Å². The van der Waals surface area contributed by atoms with Crippen LogP contribution in [0.25, 0.3) is 0 Å². The van der Waals surface area contributed by atoms with Gasteiger partial charge in [0.05, 0.1) is 18.9 Å². The van der Waals surface area contributed by atoms with Gasteiger partial charge in [-0.3, -0.25) is 4.79 Å². The molecule has 1 N–H and O–H groups in total. The summed E-state index contributed by atoms with van der Waals surface area (Å²) in [4.78, 5) is 24.4. The molecular weight excluding hydrogens is 368 g/mol. The fraction of sp³-hybridized carbons (Fsp3) is 0.0870. The number of carbonyl (C=O) groups is 2. The topological polar surface area (TPSA) is 77.0 Å². The van der Waals surface area contributed by atoms with E-state index in [-0.39, 0.29) is 11.7 Å². The Labute approximate surface area is 168 Å². The Bertz CT molecular complexity index is 1030. The summed E-state index contributed by atoms with van der Waals surface area (Å²) < 4.78 is 10.8. The summed E-state index contributed by atoms with van der Waals surface area (Å²) in [6.07, 6.45) is 1.46. The monoisotopic (exact) mass is 388 g/mol. The molecule has 0 atom stereocenters. The van der Waals surface area contributed by atoms with Crippen molar-refractivity contribution in [2.24, 2.45) is 5.10 Å². The molecule has 0 bridgehead atoms. The van der Waals surface area contributed by atoms with Crippen molar-refractivity contribution in [1.29, 1.82) is 0 Å². The number of hydrogen-bond acceptors (Lipinski definition) is 5. The van der Waals surface area contributed by atoms with Gasteiger partial charge in [-0.1, -0.05) is 35.9 Å². The fourth-order valence-corrected chi connectivity index (χ4v) is 2.52. The van der Waals surface area contributed by atoms with Crippen molar-refractivity contribution in [3.05, 3.63) is 95.1 Å². The molecule has 29 heavy (non-hydrogen) atoms. The third kappa shape index (κ3) is 5.29. The average Bonchev–Trinajstić information content (AvgIpc) is 2.75. The highest BCUT2D eigenvalue weighted by molar-refractivity contribution is 5.95. The molecule has 1 amide bonds. The van der Waals surface area contributed by atoms with Crippen LogP contribution in [0.2, 0.25) is 0 Å². The van der Waals surface area contributed by atoms with Crippen molar-refractivity contribution in [2.45, 2.75) is 6.92 Å². The van der Waals surface area contributed by atoms with E-state index >= 15 is 0 Å². The lowest BCUT2D eigenvalue weighted by molar-refractivity contribution is 0.0729. The largest absolute Gasteiger partial charge is 0.493 e. The number of hydrogen-bond donors (Lipinski definition) is 1. The van der Waals surface area contributed by atoms with Crippen LogP contribution in [0.5, 0.6) is 11.5 Å². The van der Waals surface area contributed by atoms with Crippen LogP contribution in [0.15, 0.2) is 77.9 Å². The molecule has 0 aliphatic carbocycles. The molecule has 0 saturated carbocycles. The summed E-state index contributed by atoms with van der Waals surface area (Å²) in [7, 11) is 1.49. The van der Waals surface area contributed by atoms with Gasteiger partial charge in [0.15, 0.2) is 11.5 Å². The Kier molecular flexibility index (Phi) is 6.37. The van der Waals surface area contributed by atoms with Gasteiger partial charge in [0, 0.05) is 5.56 Å². The standard InChI is InChI=1S/C23H20N2O4/c1-16-8-11-19(12-9-16)23(27)29-21-14-17(10-13-20(21)28-2)15-24-25-22(26)18-6-4-3-5-7-18/h3-15H,1-2H3,(H,25,26)/b24-15-. The number of amides is 1. The zero-order valence-electron chi connectivity index (χ0n) is 16.1. The molecule has 0 unspecified atom stereocenters. The van der Waals surface area contributed by atoms with Crippen LogP contribution < -0.4 is 14.9 Å². The molecule has 3 aromatic carbocycles. The lowest BCUT2D eigenvalue weighted by atomic mass is 10.1. The first kappa shape index (κ1) is 19.8. The number of nitrogens with one attached hydrogen (secondary N) is 1. The molecule has 0 heterocycles. The molecule has 3 aromatic rings. The van der Waals surface area contributed by atoms with Gasteiger partial charge in [0.1, 0.15) is 0 Å². The minimum absolute atomic E-state index is 0.261. The molecular formula is C23H20N2O4. The van der Waals surface area contributed by atoms with E-state index in [1.807, 2.05) is 25.1 Å². The van der Waals surface area contributed by atoms with Gasteiger partial charge in [0.2, 0.25) is 0 Å². The molecule has 0 aromatic heterocycles. The molecule has 0 aliphatic heterocycles. The smallest absolute Gasteiger partial charge is 0.343 e. The lowest BCUT2D eigenvalue weighted by Crippen LogP contribution is -2.17. The third-order valence-electron chi connectivity index (χ3n) is 4.09. The second kappa shape index (κ2) is 9.32. The number of carbonyl (C=O) groups excluding carboxylic acids is 2. The molecule has 0 radical (unpaired) electrons. The van der Waals surface area contributed by atoms with Crippen LogP contribution in [0, 0.1) is 6.92 Å². The summed E-state index contributed by atoms with van der Waals surface area (Å²) in [6.45, 7) is 1.94. The Morgan fingerprint density at radius 2 is 1.62 bits per heavy atom. The highest BCUT2D eigenvalue weighted by Crippen LogP contribution is 2.28. The molecule has 0 fully saturated rings. The highest BCUT2D eigenvalue weighted by Gasteiger charge is 2.13. The molecule has 6 heteroatoms. The van der Waals surface area contributed by atoms with Gasteiger partial charge >= 0.3 is 5.97 Å². The van der Waals surface area contributed by atoms with Crippen molar-refractivity contribution < 1.29 is 19.1 Å². The molecule has 6 nitrogen and oxygen atoms in total. The second-order valence-corrected chi connectivity index (χ2v) is 6.23. The van der Waals surface area contributed by atoms with E-state index in [0.717, 1.165) is 5.56 Å². The Morgan fingerprint density at radius 1 is 0.897 bits per heavy atom. The number of benzene rings is 3. The first-order chi connectivity index (χ1) is 14.1. The van der Waals surface area contributed by atoms with Crippen LogP contribution in [-0.2, 0) is 0 Å². The van der Waals surface area contributed by atoms with E-state index in [1.165, 1.54) is 13.3 Å². The number of nitrogens with zero attached hydrogens (tertiary/aromatic N) is 1. The maximum atomic E-state index is 12.4. The first-order valence-electron chi connectivity index (χ1n) is 8.92. The molecule has 146 valence electrons. The molecule has 0 spiro atoms. The summed E-state index contributed by atoms with van der Waals surface area (Å²) in [5.41, 5.74) is 5.08. The predicted octanol–water partition coefficient (Wildman–Crippen LogP) is 3.99. The van der Waals surface area contributed by atoms with E-state index in [2.05, 4.69) is 10.5 Å². The molecule has 0 aliphatic rings. The Morgan fingerprint density at radius 3 is 2.31 bits per heavy atom. The summed E-state index contributed by atoms with van der Waals surface area (Å²) >= 11 is 0. The van der Waals surface area contributed by atoms with Crippen molar-refractivity contribution in [2.75, 3.05) is 7.11 Å². The van der Waals surface area contributed by atoms with Crippen molar-refractivity contribution >= 4 is 18.1 Å². The highest BCUT2D eigenvalue weighted by atomic mass is 16.6. The van der Waals surface area contributed by atoms with Crippen LogP contribution in [0.3, 0.4) is 0 Å². The zero-order valence-corrected chi connectivity index (χ0v) is 16.1. The number of aryl methyl sites for hydroxylation is 1. The normalized spacial score (nSPS) is 10.6. The van der Waals surface area contributed by atoms with Crippen LogP contribution in [-0.4, -0.2) is 25.2 Å². The molecule has 0 saturated heterocycles. The quantitative estimate of drug-likeness (QED) is 0.300. The van der Waals surface area contributed by atoms with Crippen molar-refractivity contribution in [1.82, 2.24) is 5.43 Å². The van der Waals surface area contributed by atoms with Crippen LogP contribution >= 0.6 is 0 Å². The van der Waals surface area contributed by atoms with Gasteiger partial charge in [-0.05, 0) is 55.0 Å². The van der Waals surface area contributed by atoms with E-state index in [0.29, 0.717) is 22.4 Å². The summed E-state index contributed by atoms with van der Waals surface area (Å²) in [5, 5.41) is 3.96. The maximum Gasteiger partial charge on any atom is 0.343 e. The van der Waals surface area contributed by atoms with Gasteiger partial charge in [-0.15, -0.1) is 0 Å². The maximum absolute atomic E-state index is 12.4. The minimum Gasteiger partial charge on any atom is -0.493 e. The van der Waals surface area contributed by atoms with E-state index in [9.17, 15) is 9.59 Å². The average molecular weight is 388 g/mol. The predicted molar refractivity (Wildman–Crippen MR) is 111 cm³/mol. The van der Waals surface area contributed by atoms with Crippen molar-refractivity contribution in [3.63, 3.8) is 0 Å². The summed E-state index contributed by atoms with van der Waals surface area (Å²) in [5.74, 6) is -0.136. The van der Waals surface area contributed by atoms with Gasteiger partial charge in [-0.2, -0.15) is 5.10 Å². The number of rotatable bonds is 6. The summed E-state index contributed by atoms with van der Waals surface area (Å²) in [6, 6.07) is 20.9. The lowest BCUT2D eigenvalue weighted by Gasteiger charge is -2.10. The minimum atomic E-state index is -0.491. The number of ether oxygens (including phenoxy) is 2. The zero-order chi connectivity index (χ0) is 20.6. The number of methoxy groups -OCH3 is 1. The first-order valence-corrected chi connectivity index (χ1v) is 8.92. The van der Waals surface area contributed by atoms with E-state index in [1.54, 1.807) is 54.6 Å². The number of hydrazone groups is 1. The van der Waals surface area contributed by atoms with E-state index < -0.39 is 5.97 Å². The van der Waals surface area contributed by atoms with Gasteiger partial charge in [-0.25, -0.2) is 10.2 Å². The number of esters is 1. The van der Waals surface area contributed by atoms with Gasteiger partial charge < -0.3 is 9.47 Å². The Balaban J connectivity index is 1.72. The Hall–Kier alpha value is -3.93. The SMILES string of the molecule is COc1ccc(/C=N\NC(=O)c2ccccc2)cc1OC(=O)c1ccc(C)cc1. The fourth-order valence-electron chi connectivity index (χ4n) is 2.52. The van der Waals surface area contributed by atoms with Crippen molar-refractivity contribution in [3.8, 4) is 11.5 Å².